The maximum absolute atomic E-state index is 12.2. The molecule has 7 nitrogen and oxygen atoms in total. The third kappa shape index (κ3) is 10.8. The number of hydrogen-bond acceptors (Lipinski definition) is 5. The Kier molecular flexibility index (Phi) is 11.0. The van der Waals surface area contributed by atoms with E-state index in [4.69, 9.17) is 9.29 Å². The highest BCUT2D eigenvalue weighted by Gasteiger charge is 2.27. The molecule has 0 bridgehead atoms. The highest BCUT2D eigenvalue weighted by atomic mass is 32.2. The molecule has 1 aliphatic carbocycles. The quantitative estimate of drug-likeness (QED) is 0.207. The molecule has 1 rings (SSSR count). The molecule has 0 saturated heterocycles. The number of carbonyl (C=O) groups excluding carboxylic acids is 2. The monoisotopic (exact) mass is 479 g/mol. The minimum Gasteiger partial charge on any atom is -0.464 e. The summed E-state index contributed by atoms with van der Waals surface area (Å²) in [6, 6.07) is -1.49. The summed E-state index contributed by atoms with van der Waals surface area (Å²) in [5.41, 5.74) is 4.66. The van der Waals surface area contributed by atoms with Gasteiger partial charge in [0.15, 0.2) is 0 Å². The molecule has 1 amide bonds. The van der Waals surface area contributed by atoms with E-state index in [0.717, 1.165) is 12.0 Å². The van der Waals surface area contributed by atoms with E-state index in [1.54, 1.807) is 19.9 Å². The van der Waals surface area contributed by atoms with Crippen molar-refractivity contribution in [2.45, 2.75) is 66.8 Å². The van der Waals surface area contributed by atoms with Crippen LogP contribution in [-0.2, 0) is 24.4 Å². The summed E-state index contributed by atoms with van der Waals surface area (Å²) in [4.78, 5) is 24.0. The lowest BCUT2D eigenvalue weighted by Gasteiger charge is -2.32. The van der Waals surface area contributed by atoms with Crippen molar-refractivity contribution < 1.29 is 27.3 Å². The molecule has 0 spiro atoms. The SMILES string of the molecule is CCOC(=O)[C@H](CS(=O)(=O)O)NC(=O)C=C(C)C=CC=C(C)C=CC1=C(C)CCCC1(C)C. The first kappa shape index (κ1) is 28.6. The molecule has 0 unspecified atom stereocenters. The average molecular weight is 480 g/mol. The number of amides is 1. The standard InChI is InChI=1S/C25H37NO6S/c1-7-32-24(28)22(17-33(29,30)31)26-23(27)16-19(3)11-8-10-18(2)13-14-21-20(4)12-9-15-25(21,5)6/h8,10-11,13-14,16,22H,7,9,12,15,17H2,1-6H3,(H,26,27)(H,29,30,31)/t22-/m0/s1. The Morgan fingerprint density at radius 3 is 2.45 bits per heavy atom. The summed E-state index contributed by atoms with van der Waals surface area (Å²) in [5.74, 6) is -2.55. The Bertz CT molecular complexity index is 980. The first-order valence-corrected chi connectivity index (χ1v) is 12.7. The van der Waals surface area contributed by atoms with Gasteiger partial charge in [-0.3, -0.25) is 9.35 Å². The van der Waals surface area contributed by atoms with Gasteiger partial charge in [0, 0.05) is 6.08 Å². The Morgan fingerprint density at radius 2 is 1.88 bits per heavy atom. The van der Waals surface area contributed by atoms with E-state index in [2.05, 4.69) is 38.2 Å². The topological polar surface area (TPSA) is 110 Å². The number of carbonyl (C=O) groups is 2. The van der Waals surface area contributed by atoms with Crippen LogP contribution >= 0.6 is 0 Å². The van der Waals surface area contributed by atoms with Gasteiger partial charge in [-0.1, -0.05) is 55.4 Å². The molecule has 184 valence electrons. The fourth-order valence-electron chi connectivity index (χ4n) is 3.72. The van der Waals surface area contributed by atoms with Crippen LogP contribution in [0.15, 0.2) is 58.7 Å². The number of ether oxygens (including phenoxy) is 1. The van der Waals surface area contributed by atoms with Gasteiger partial charge in [0.2, 0.25) is 5.91 Å². The van der Waals surface area contributed by atoms with Crippen molar-refractivity contribution in [2.75, 3.05) is 12.4 Å². The molecule has 0 aliphatic heterocycles. The van der Waals surface area contributed by atoms with Gasteiger partial charge in [0.1, 0.15) is 11.8 Å². The maximum Gasteiger partial charge on any atom is 0.329 e. The lowest BCUT2D eigenvalue weighted by atomic mass is 9.72. The van der Waals surface area contributed by atoms with E-state index < -0.39 is 33.8 Å². The smallest absolute Gasteiger partial charge is 0.329 e. The first-order valence-electron chi connectivity index (χ1n) is 11.1. The van der Waals surface area contributed by atoms with Crippen LogP contribution < -0.4 is 5.32 Å². The Morgan fingerprint density at radius 1 is 1.21 bits per heavy atom. The van der Waals surface area contributed by atoms with Crippen LogP contribution in [0.2, 0.25) is 0 Å². The van der Waals surface area contributed by atoms with Crippen LogP contribution in [0.3, 0.4) is 0 Å². The predicted molar refractivity (Wildman–Crippen MR) is 131 cm³/mol. The van der Waals surface area contributed by atoms with Crippen LogP contribution in [0.4, 0.5) is 0 Å². The molecule has 0 fully saturated rings. The number of rotatable bonds is 10. The van der Waals surface area contributed by atoms with Gasteiger partial charge >= 0.3 is 5.97 Å². The first-order chi connectivity index (χ1) is 15.2. The Hall–Kier alpha value is -2.45. The number of esters is 1. The van der Waals surface area contributed by atoms with E-state index in [1.807, 2.05) is 19.1 Å². The minimum atomic E-state index is -4.48. The van der Waals surface area contributed by atoms with Gasteiger partial charge in [0.25, 0.3) is 10.1 Å². The molecule has 1 aliphatic rings. The molecule has 0 heterocycles. The summed E-state index contributed by atoms with van der Waals surface area (Å²) in [7, 11) is -4.48. The van der Waals surface area contributed by atoms with Crippen LogP contribution in [0.5, 0.6) is 0 Å². The van der Waals surface area contributed by atoms with E-state index in [-0.39, 0.29) is 12.0 Å². The van der Waals surface area contributed by atoms with Crippen molar-refractivity contribution in [1.82, 2.24) is 5.32 Å². The summed E-state index contributed by atoms with van der Waals surface area (Å²) < 4.78 is 36.0. The van der Waals surface area contributed by atoms with E-state index in [0.29, 0.717) is 5.57 Å². The lowest BCUT2D eigenvalue weighted by Crippen LogP contribution is -2.45. The molecule has 0 aromatic carbocycles. The summed E-state index contributed by atoms with van der Waals surface area (Å²) in [6.07, 6.45) is 14.5. The molecule has 33 heavy (non-hydrogen) atoms. The molecule has 2 N–H and O–H groups in total. The summed E-state index contributed by atoms with van der Waals surface area (Å²) >= 11 is 0. The predicted octanol–water partition coefficient (Wildman–Crippen LogP) is 4.45. The third-order valence-electron chi connectivity index (χ3n) is 5.40. The van der Waals surface area contributed by atoms with Crippen LogP contribution in [0, 0.1) is 5.41 Å². The zero-order valence-corrected chi connectivity index (χ0v) is 21.3. The van der Waals surface area contributed by atoms with E-state index >= 15 is 0 Å². The summed E-state index contributed by atoms with van der Waals surface area (Å²) in [6.45, 7) is 12.0. The Balaban J connectivity index is 2.81. The third-order valence-corrected chi connectivity index (χ3v) is 6.15. The van der Waals surface area contributed by atoms with Gasteiger partial charge in [0.05, 0.1) is 6.61 Å². The number of hydrogen-bond donors (Lipinski definition) is 2. The normalized spacial score (nSPS) is 18.6. The maximum atomic E-state index is 12.2. The number of allylic oxidation sites excluding steroid dienone is 9. The highest BCUT2D eigenvalue weighted by molar-refractivity contribution is 7.85. The Labute approximate surface area is 198 Å². The molecule has 0 radical (unpaired) electrons. The lowest BCUT2D eigenvalue weighted by molar-refractivity contribution is -0.146. The zero-order chi connectivity index (χ0) is 25.2. The molecular weight excluding hydrogens is 442 g/mol. The van der Waals surface area contributed by atoms with Crippen LogP contribution in [-0.4, -0.2) is 43.2 Å². The van der Waals surface area contributed by atoms with Crippen molar-refractivity contribution in [2.24, 2.45) is 5.41 Å². The van der Waals surface area contributed by atoms with Crippen molar-refractivity contribution >= 4 is 22.0 Å². The van der Waals surface area contributed by atoms with Gasteiger partial charge in [-0.15, -0.1) is 0 Å². The van der Waals surface area contributed by atoms with Crippen LogP contribution in [0.25, 0.3) is 0 Å². The van der Waals surface area contributed by atoms with Crippen molar-refractivity contribution in [1.29, 1.82) is 0 Å². The van der Waals surface area contributed by atoms with Gasteiger partial charge in [-0.2, -0.15) is 8.42 Å². The van der Waals surface area contributed by atoms with Crippen molar-refractivity contribution in [3.8, 4) is 0 Å². The molecule has 0 aromatic rings. The zero-order valence-electron chi connectivity index (χ0n) is 20.5. The van der Waals surface area contributed by atoms with Gasteiger partial charge in [-0.05, 0) is 63.5 Å². The van der Waals surface area contributed by atoms with Crippen molar-refractivity contribution in [3.05, 3.63) is 58.7 Å². The van der Waals surface area contributed by atoms with Gasteiger partial charge < -0.3 is 10.1 Å². The molecule has 8 heteroatoms. The van der Waals surface area contributed by atoms with E-state index in [1.165, 1.54) is 30.1 Å². The van der Waals surface area contributed by atoms with Gasteiger partial charge in [-0.25, -0.2) is 4.79 Å². The second-order valence-corrected chi connectivity index (χ2v) is 10.5. The fourth-order valence-corrected chi connectivity index (χ4v) is 4.36. The summed E-state index contributed by atoms with van der Waals surface area (Å²) in [5, 5.41) is 2.26. The minimum absolute atomic E-state index is 0.0166. The second kappa shape index (κ2) is 12.7. The van der Waals surface area contributed by atoms with E-state index in [9.17, 15) is 18.0 Å². The highest BCUT2D eigenvalue weighted by Crippen LogP contribution is 2.40. The van der Waals surface area contributed by atoms with Crippen LogP contribution in [0.1, 0.15) is 60.8 Å². The van der Waals surface area contributed by atoms with Crippen molar-refractivity contribution in [3.63, 3.8) is 0 Å². The average Bonchev–Trinajstić information content (AvgIpc) is 2.65. The molecule has 1 atom stereocenters. The largest absolute Gasteiger partial charge is 0.464 e. The molecule has 0 saturated carbocycles. The fraction of sp³-hybridized carbons (Fsp3) is 0.520. The molecular formula is C25H37NO6S. The second-order valence-electron chi connectivity index (χ2n) is 8.98. The molecule has 0 aromatic heterocycles. The number of nitrogens with one attached hydrogen (secondary N) is 1.